The molecule has 0 N–H and O–H groups in total. The third-order valence-electron chi connectivity index (χ3n) is 4.09. The smallest absolute Gasteiger partial charge is 0.265 e. The Hall–Kier alpha value is -2.89. The second-order valence-electron chi connectivity index (χ2n) is 5.67. The Kier molecular flexibility index (Phi) is 4.97. The molecule has 130 valence electrons. The lowest BCUT2D eigenvalue weighted by atomic mass is 10.2. The second-order valence-corrected chi connectivity index (χ2v) is 5.67. The summed E-state index contributed by atoms with van der Waals surface area (Å²) < 4.78 is 18.8. The van der Waals surface area contributed by atoms with Gasteiger partial charge in [0.25, 0.3) is 5.91 Å². The number of amides is 2. The van der Waals surface area contributed by atoms with E-state index in [1.165, 1.54) is 17.0 Å². The van der Waals surface area contributed by atoms with Crippen LogP contribution in [0.15, 0.2) is 48.5 Å². The molecule has 0 unspecified atom stereocenters. The van der Waals surface area contributed by atoms with E-state index in [4.69, 9.17) is 4.74 Å². The summed E-state index contributed by atoms with van der Waals surface area (Å²) in [6.45, 7) is 2.48. The summed E-state index contributed by atoms with van der Waals surface area (Å²) in [5.74, 6) is -0.0989. The Balaban J connectivity index is 1.72. The van der Waals surface area contributed by atoms with E-state index in [1.807, 2.05) is 19.1 Å². The van der Waals surface area contributed by atoms with Crippen LogP contribution in [0.25, 0.3) is 0 Å². The van der Waals surface area contributed by atoms with Crippen molar-refractivity contribution in [1.82, 2.24) is 0 Å². The minimum absolute atomic E-state index is 0.0351. The minimum Gasteiger partial charge on any atom is -0.482 e. The highest BCUT2D eigenvalue weighted by molar-refractivity contribution is 5.99. The third-order valence-corrected chi connectivity index (χ3v) is 4.09. The molecule has 0 bridgehead atoms. The number of hydrogen-bond acceptors (Lipinski definition) is 3. The molecule has 0 spiro atoms. The van der Waals surface area contributed by atoms with Crippen LogP contribution in [0.1, 0.15) is 13.3 Å². The Morgan fingerprint density at radius 1 is 1.24 bits per heavy atom. The molecular formula is C19H19FN2O3. The molecular weight excluding hydrogens is 323 g/mol. The average Bonchev–Trinajstić information content (AvgIpc) is 2.61. The SMILES string of the molecule is CCN(C(=O)CCN1C(=O)COc2ccccc21)c1cccc(F)c1. The van der Waals surface area contributed by atoms with Crippen LogP contribution in [0.2, 0.25) is 0 Å². The van der Waals surface area contributed by atoms with Gasteiger partial charge in [0.2, 0.25) is 5.91 Å². The van der Waals surface area contributed by atoms with Gasteiger partial charge in [-0.3, -0.25) is 9.59 Å². The molecule has 25 heavy (non-hydrogen) atoms. The molecule has 0 aliphatic carbocycles. The van der Waals surface area contributed by atoms with Gasteiger partial charge in [0.1, 0.15) is 11.6 Å². The Bertz CT molecular complexity index is 794. The fourth-order valence-corrected chi connectivity index (χ4v) is 2.89. The van der Waals surface area contributed by atoms with Gasteiger partial charge < -0.3 is 14.5 Å². The van der Waals surface area contributed by atoms with Crippen molar-refractivity contribution in [2.75, 3.05) is 29.5 Å². The van der Waals surface area contributed by atoms with Crippen molar-refractivity contribution in [3.63, 3.8) is 0 Å². The van der Waals surface area contributed by atoms with Gasteiger partial charge in [-0.1, -0.05) is 18.2 Å². The van der Waals surface area contributed by atoms with Gasteiger partial charge in [0.15, 0.2) is 6.61 Å². The van der Waals surface area contributed by atoms with Gasteiger partial charge in [-0.2, -0.15) is 0 Å². The summed E-state index contributed by atoms with van der Waals surface area (Å²) in [7, 11) is 0. The zero-order valence-corrected chi connectivity index (χ0v) is 13.9. The minimum atomic E-state index is -0.388. The van der Waals surface area contributed by atoms with Gasteiger partial charge in [-0.15, -0.1) is 0 Å². The molecule has 0 radical (unpaired) electrons. The first-order valence-electron chi connectivity index (χ1n) is 8.18. The highest BCUT2D eigenvalue weighted by atomic mass is 19.1. The predicted octanol–water partition coefficient (Wildman–Crippen LogP) is 2.99. The number of rotatable bonds is 5. The third kappa shape index (κ3) is 3.63. The van der Waals surface area contributed by atoms with Crippen LogP contribution < -0.4 is 14.5 Å². The van der Waals surface area contributed by atoms with Crippen molar-refractivity contribution in [3.8, 4) is 5.75 Å². The number of benzene rings is 2. The van der Waals surface area contributed by atoms with Crippen LogP contribution >= 0.6 is 0 Å². The Morgan fingerprint density at radius 2 is 2.04 bits per heavy atom. The average molecular weight is 342 g/mol. The zero-order valence-electron chi connectivity index (χ0n) is 13.9. The maximum Gasteiger partial charge on any atom is 0.265 e. The Labute approximate surface area is 145 Å². The lowest BCUT2D eigenvalue weighted by Crippen LogP contribution is -2.41. The van der Waals surface area contributed by atoms with Crippen LogP contribution in [-0.2, 0) is 9.59 Å². The maximum atomic E-state index is 13.4. The molecule has 2 aromatic rings. The van der Waals surface area contributed by atoms with Crippen molar-refractivity contribution in [3.05, 3.63) is 54.3 Å². The number of carbonyl (C=O) groups excluding carboxylic acids is 2. The molecule has 5 nitrogen and oxygen atoms in total. The van der Waals surface area contributed by atoms with Crippen LogP contribution in [0.3, 0.4) is 0 Å². The van der Waals surface area contributed by atoms with Gasteiger partial charge in [-0.25, -0.2) is 4.39 Å². The summed E-state index contributed by atoms with van der Waals surface area (Å²) >= 11 is 0. The fraction of sp³-hybridized carbons (Fsp3) is 0.263. The normalized spacial score (nSPS) is 13.2. The van der Waals surface area contributed by atoms with E-state index in [2.05, 4.69) is 0 Å². The van der Waals surface area contributed by atoms with Crippen molar-refractivity contribution >= 4 is 23.2 Å². The van der Waals surface area contributed by atoms with Gasteiger partial charge in [0.05, 0.1) is 5.69 Å². The lowest BCUT2D eigenvalue weighted by molar-refractivity contribution is -0.121. The summed E-state index contributed by atoms with van der Waals surface area (Å²) in [5, 5.41) is 0. The van der Waals surface area contributed by atoms with E-state index in [-0.39, 0.29) is 37.2 Å². The summed E-state index contributed by atoms with van der Waals surface area (Å²) in [5.41, 5.74) is 1.18. The molecule has 0 aromatic heterocycles. The quantitative estimate of drug-likeness (QED) is 0.839. The standard InChI is InChI=1S/C19H19FN2O3/c1-2-21(15-7-5-6-14(20)12-15)18(23)10-11-22-16-8-3-4-9-17(16)25-13-19(22)24/h3-9,12H,2,10-11,13H2,1H3. The molecule has 1 aliphatic heterocycles. The summed E-state index contributed by atoms with van der Waals surface area (Å²) in [6, 6.07) is 13.2. The van der Waals surface area contributed by atoms with Gasteiger partial charge in [0, 0.05) is 25.2 Å². The number of para-hydroxylation sites is 2. The monoisotopic (exact) mass is 342 g/mol. The highest BCUT2D eigenvalue weighted by Gasteiger charge is 2.26. The van der Waals surface area contributed by atoms with Crippen molar-refractivity contribution in [1.29, 1.82) is 0 Å². The topological polar surface area (TPSA) is 49.9 Å². The van der Waals surface area contributed by atoms with Crippen LogP contribution in [0.4, 0.5) is 15.8 Å². The molecule has 0 saturated heterocycles. The number of fused-ring (bicyclic) bond motifs is 1. The number of ether oxygens (including phenoxy) is 1. The molecule has 0 fully saturated rings. The largest absolute Gasteiger partial charge is 0.482 e. The molecule has 6 heteroatoms. The zero-order chi connectivity index (χ0) is 17.8. The number of nitrogens with zero attached hydrogens (tertiary/aromatic N) is 2. The van der Waals surface area contributed by atoms with E-state index in [9.17, 15) is 14.0 Å². The van der Waals surface area contributed by atoms with E-state index in [0.29, 0.717) is 23.7 Å². The highest BCUT2D eigenvalue weighted by Crippen LogP contribution is 2.31. The summed E-state index contributed by atoms with van der Waals surface area (Å²) in [6.07, 6.45) is 0.143. The molecule has 0 saturated carbocycles. The summed E-state index contributed by atoms with van der Waals surface area (Å²) in [4.78, 5) is 27.8. The molecule has 1 aliphatic rings. The first-order chi connectivity index (χ1) is 12.1. The number of carbonyl (C=O) groups is 2. The van der Waals surface area contributed by atoms with Crippen molar-refractivity contribution in [2.24, 2.45) is 0 Å². The van der Waals surface area contributed by atoms with Crippen molar-refractivity contribution < 1.29 is 18.7 Å². The number of anilines is 2. The van der Waals surface area contributed by atoms with Crippen LogP contribution in [0.5, 0.6) is 5.75 Å². The first-order valence-corrected chi connectivity index (χ1v) is 8.18. The van der Waals surface area contributed by atoms with E-state index in [1.54, 1.807) is 29.2 Å². The molecule has 2 amide bonds. The second kappa shape index (κ2) is 7.34. The van der Waals surface area contributed by atoms with Crippen LogP contribution in [0, 0.1) is 5.82 Å². The van der Waals surface area contributed by atoms with Crippen LogP contribution in [-0.4, -0.2) is 31.5 Å². The first kappa shape index (κ1) is 17.0. The fourth-order valence-electron chi connectivity index (χ4n) is 2.89. The predicted molar refractivity (Wildman–Crippen MR) is 93.3 cm³/mol. The van der Waals surface area contributed by atoms with E-state index in [0.717, 1.165) is 0 Å². The number of hydrogen-bond donors (Lipinski definition) is 0. The van der Waals surface area contributed by atoms with Gasteiger partial charge in [-0.05, 0) is 37.3 Å². The molecule has 2 aromatic carbocycles. The van der Waals surface area contributed by atoms with Gasteiger partial charge >= 0.3 is 0 Å². The number of halogens is 1. The van der Waals surface area contributed by atoms with E-state index >= 15 is 0 Å². The Morgan fingerprint density at radius 3 is 2.80 bits per heavy atom. The lowest BCUT2D eigenvalue weighted by Gasteiger charge is -2.30. The molecule has 3 rings (SSSR count). The van der Waals surface area contributed by atoms with E-state index < -0.39 is 0 Å². The molecule has 0 atom stereocenters. The van der Waals surface area contributed by atoms with Crippen molar-refractivity contribution in [2.45, 2.75) is 13.3 Å². The molecule has 1 heterocycles. The maximum absolute atomic E-state index is 13.4.